The molecule has 0 saturated carbocycles. The molecule has 9 nitrogen and oxygen atoms in total. The monoisotopic (exact) mass is 654 g/mol. The lowest BCUT2D eigenvalue weighted by Crippen LogP contribution is -2.53. The van der Waals surface area contributed by atoms with Gasteiger partial charge in [0.15, 0.2) is 5.78 Å². The highest BCUT2D eigenvalue weighted by Crippen LogP contribution is 2.24. The van der Waals surface area contributed by atoms with Crippen LogP contribution in [-0.2, 0) is 42.6 Å². The Morgan fingerprint density at radius 1 is 1.00 bits per heavy atom. The molecular formula is C32H44ClFN2O7S. The second kappa shape index (κ2) is 21.3. The summed E-state index contributed by atoms with van der Waals surface area (Å²) in [5, 5.41) is 22.1. The van der Waals surface area contributed by atoms with Crippen molar-refractivity contribution in [3.05, 3.63) is 69.5 Å². The Kier molecular flexibility index (Phi) is 19.6. The Morgan fingerprint density at radius 3 is 2.16 bits per heavy atom. The van der Waals surface area contributed by atoms with E-state index in [1.54, 1.807) is 26.8 Å². The summed E-state index contributed by atoms with van der Waals surface area (Å²) in [6.45, 7) is 12.1. The maximum Gasteiger partial charge on any atom is 0.303 e. The van der Waals surface area contributed by atoms with Crippen molar-refractivity contribution in [1.82, 2.24) is 10.6 Å². The van der Waals surface area contributed by atoms with Gasteiger partial charge in [-0.2, -0.15) is 0 Å². The molecule has 4 N–H and O–H groups in total. The van der Waals surface area contributed by atoms with Crippen LogP contribution >= 0.6 is 23.4 Å². The molecule has 44 heavy (non-hydrogen) atoms. The zero-order valence-corrected chi connectivity index (χ0v) is 27.9. The van der Waals surface area contributed by atoms with Gasteiger partial charge in [-0.1, -0.05) is 63.6 Å². The van der Waals surface area contributed by atoms with E-state index in [2.05, 4.69) is 10.6 Å². The van der Waals surface area contributed by atoms with Crippen molar-refractivity contribution < 1.29 is 38.6 Å². The van der Waals surface area contributed by atoms with E-state index in [4.69, 9.17) is 26.6 Å². The number of hydrogen-bond acceptors (Lipinski definition) is 6. The molecule has 0 aliphatic heterocycles. The molecule has 0 bridgehead atoms. The average Bonchev–Trinajstić information content (AvgIpc) is 2.94. The van der Waals surface area contributed by atoms with Crippen molar-refractivity contribution in [1.29, 1.82) is 0 Å². The Hall–Kier alpha value is -3.44. The summed E-state index contributed by atoms with van der Waals surface area (Å²) in [5.41, 5.74) is 2.79. The summed E-state index contributed by atoms with van der Waals surface area (Å²) in [6.07, 6.45) is 0.391. The molecule has 0 aliphatic carbocycles. The van der Waals surface area contributed by atoms with Gasteiger partial charge in [-0.15, -0.1) is 11.8 Å². The highest BCUT2D eigenvalue weighted by Gasteiger charge is 2.27. The molecule has 0 aliphatic rings. The third-order valence-electron chi connectivity index (χ3n) is 6.05. The molecule has 1 unspecified atom stereocenters. The molecule has 2 rings (SSSR count). The Balaban J connectivity index is 0.00000284. The first kappa shape index (κ1) is 40.6. The number of aryl methyl sites for hydroxylation is 2. The topological polar surface area (TPSA) is 150 Å². The van der Waals surface area contributed by atoms with Crippen LogP contribution in [0.2, 0.25) is 5.02 Å². The molecule has 0 fully saturated rings. The second-order valence-electron chi connectivity index (χ2n) is 10.0. The van der Waals surface area contributed by atoms with E-state index in [9.17, 15) is 23.6 Å². The molecule has 244 valence electrons. The van der Waals surface area contributed by atoms with E-state index >= 15 is 0 Å². The number of hydrogen-bond donors (Lipinski definition) is 4. The highest BCUT2D eigenvalue weighted by atomic mass is 35.5. The van der Waals surface area contributed by atoms with Gasteiger partial charge in [0.25, 0.3) is 5.97 Å². The Morgan fingerprint density at radius 2 is 1.61 bits per heavy atom. The van der Waals surface area contributed by atoms with Crippen molar-refractivity contribution in [2.45, 2.75) is 85.6 Å². The maximum atomic E-state index is 13.9. The van der Waals surface area contributed by atoms with Crippen molar-refractivity contribution in [2.75, 3.05) is 5.75 Å². The number of ketones is 1. The zero-order valence-electron chi connectivity index (χ0n) is 26.3. The number of Topliss-reactive ketones (excluding diaryl/α,β-unsaturated/α-hetero) is 1. The summed E-state index contributed by atoms with van der Waals surface area (Å²) in [5.74, 6) is -3.17. The van der Waals surface area contributed by atoms with Crippen molar-refractivity contribution in [3.8, 4) is 0 Å². The minimum Gasteiger partial charge on any atom is -0.481 e. The molecule has 0 spiro atoms. The van der Waals surface area contributed by atoms with Gasteiger partial charge in [0.05, 0.1) is 18.2 Å². The lowest BCUT2D eigenvalue weighted by molar-refractivity contribution is -0.137. The third-order valence-corrected chi connectivity index (χ3v) is 7.39. The molecule has 2 aromatic carbocycles. The number of carbonyl (C=O) groups is 5. The van der Waals surface area contributed by atoms with E-state index in [1.165, 1.54) is 23.9 Å². The fourth-order valence-corrected chi connectivity index (χ4v) is 5.05. The van der Waals surface area contributed by atoms with Crippen molar-refractivity contribution in [3.63, 3.8) is 0 Å². The lowest BCUT2D eigenvalue weighted by Gasteiger charge is -2.24. The minimum absolute atomic E-state index is 0.00338. The van der Waals surface area contributed by atoms with E-state index < -0.39 is 35.7 Å². The lowest BCUT2D eigenvalue weighted by atomic mass is 9.98. The molecule has 2 aromatic rings. The summed E-state index contributed by atoms with van der Waals surface area (Å²) < 4.78 is 13.9. The number of carbonyl (C=O) groups excluding carboxylic acids is 3. The summed E-state index contributed by atoms with van der Waals surface area (Å²) in [7, 11) is 0. The number of rotatable bonds is 14. The van der Waals surface area contributed by atoms with E-state index in [1.807, 2.05) is 39.0 Å². The van der Waals surface area contributed by atoms with Gasteiger partial charge < -0.3 is 20.8 Å². The first-order valence-electron chi connectivity index (χ1n) is 14.2. The molecule has 12 heteroatoms. The standard InChI is InChI=1S/C28H34ClFN2O5S.C2H4O2.C2H6/c1-16(2)27(32-25(34)13-20-12-19(9-8-17(20)3)10-11-26(35)36)28(37)31-18(4)24(33)15-38-14-21-22(29)6-5-7-23(21)30;1-2(3)4;1-2/h5-9,12,16,18,27H,10-11,13-15H2,1-4H3,(H,31,37)(H,32,34)(H,35,36);1H3,(H,3,4);1-2H3/t18-,27?;;/m0../s1. The number of benzene rings is 2. The molecule has 2 amide bonds. The summed E-state index contributed by atoms with van der Waals surface area (Å²) in [6, 6.07) is 8.27. The van der Waals surface area contributed by atoms with Gasteiger partial charge in [0.1, 0.15) is 11.9 Å². The minimum atomic E-state index is -0.892. The van der Waals surface area contributed by atoms with Crippen LogP contribution in [0.25, 0.3) is 0 Å². The van der Waals surface area contributed by atoms with Crippen LogP contribution in [-0.4, -0.2) is 57.6 Å². The van der Waals surface area contributed by atoms with E-state index in [0.29, 0.717) is 17.0 Å². The summed E-state index contributed by atoms with van der Waals surface area (Å²) in [4.78, 5) is 58.2. The van der Waals surface area contributed by atoms with E-state index in [0.717, 1.165) is 23.6 Å². The number of thioether (sulfide) groups is 1. The Bertz CT molecular complexity index is 1250. The molecule has 2 atom stereocenters. The first-order chi connectivity index (χ1) is 20.6. The molecule has 0 heterocycles. The Labute approximate surface area is 268 Å². The predicted octanol–water partition coefficient (Wildman–Crippen LogP) is 5.61. The number of aliphatic carboxylic acids is 2. The number of amides is 2. The van der Waals surface area contributed by atoms with Crippen molar-refractivity contribution in [2.24, 2.45) is 5.92 Å². The maximum absolute atomic E-state index is 13.9. The number of nitrogens with one attached hydrogen (secondary N) is 2. The molecular weight excluding hydrogens is 611 g/mol. The van der Waals surface area contributed by atoms with Crippen LogP contribution in [0.3, 0.4) is 0 Å². The van der Waals surface area contributed by atoms with Crippen molar-refractivity contribution >= 4 is 52.9 Å². The smallest absolute Gasteiger partial charge is 0.303 e. The molecule has 0 aromatic heterocycles. The van der Waals surface area contributed by atoms with Gasteiger partial charge in [0, 0.05) is 29.7 Å². The number of carboxylic acids is 2. The predicted molar refractivity (Wildman–Crippen MR) is 172 cm³/mol. The molecule has 0 saturated heterocycles. The number of carboxylic acid groups (broad SMARTS) is 2. The quantitative estimate of drug-likeness (QED) is 0.205. The van der Waals surface area contributed by atoms with E-state index in [-0.39, 0.29) is 42.0 Å². The SMILES string of the molecule is CC.CC(=O)O.Cc1ccc(CCC(=O)O)cc1CC(=O)NC(C(=O)N[C@@H](C)C(=O)CSCc1c(F)cccc1Cl)C(C)C. The van der Waals surface area contributed by atoms with Crippen LogP contribution in [0.4, 0.5) is 4.39 Å². The third kappa shape index (κ3) is 15.9. The number of halogens is 2. The van der Waals surface area contributed by atoms with Crippen LogP contribution in [0.15, 0.2) is 36.4 Å². The normalized spacial score (nSPS) is 11.6. The van der Waals surface area contributed by atoms with Crippen LogP contribution < -0.4 is 10.6 Å². The van der Waals surface area contributed by atoms with Gasteiger partial charge >= 0.3 is 5.97 Å². The average molecular weight is 655 g/mol. The highest BCUT2D eigenvalue weighted by molar-refractivity contribution is 7.99. The van der Waals surface area contributed by atoms with Gasteiger partial charge in [-0.3, -0.25) is 24.0 Å². The molecule has 0 radical (unpaired) electrons. The fraction of sp³-hybridized carbons (Fsp3) is 0.469. The largest absolute Gasteiger partial charge is 0.481 e. The van der Waals surface area contributed by atoms with Gasteiger partial charge in [-0.25, -0.2) is 4.39 Å². The van der Waals surface area contributed by atoms with Crippen LogP contribution in [0, 0.1) is 18.7 Å². The second-order valence-corrected chi connectivity index (χ2v) is 11.4. The van der Waals surface area contributed by atoms with Crippen LogP contribution in [0.1, 0.15) is 70.2 Å². The van der Waals surface area contributed by atoms with Gasteiger partial charge in [-0.05, 0) is 55.0 Å². The first-order valence-corrected chi connectivity index (χ1v) is 15.8. The van der Waals surface area contributed by atoms with Gasteiger partial charge in [0.2, 0.25) is 11.8 Å². The van der Waals surface area contributed by atoms with Crippen LogP contribution in [0.5, 0.6) is 0 Å². The fourth-order valence-electron chi connectivity index (χ4n) is 3.69. The summed E-state index contributed by atoms with van der Waals surface area (Å²) >= 11 is 7.23. The zero-order chi connectivity index (χ0) is 34.0.